The van der Waals surface area contributed by atoms with Crippen molar-refractivity contribution in [3.8, 4) is 11.5 Å². The molecule has 2 rings (SSSR count). The Bertz CT molecular complexity index is 596. The first-order valence-corrected chi connectivity index (χ1v) is 6.97. The van der Waals surface area contributed by atoms with Gasteiger partial charge < -0.3 is 9.47 Å². The van der Waals surface area contributed by atoms with Gasteiger partial charge in [-0.05, 0) is 43.2 Å². The van der Waals surface area contributed by atoms with Gasteiger partial charge in [-0.1, -0.05) is 6.07 Å². The number of carbonyl (C=O) groups is 1. The minimum Gasteiger partial charge on any atom is -0.493 e. The predicted molar refractivity (Wildman–Crippen MR) is 81.1 cm³/mol. The zero-order chi connectivity index (χ0) is 15.1. The van der Waals surface area contributed by atoms with Crippen LogP contribution in [0.3, 0.4) is 0 Å². The minimum atomic E-state index is 0.0943. The van der Waals surface area contributed by atoms with Crippen molar-refractivity contribution in [2.75, 3.05) is 13.7 Å². The molecule has 21 heavy (non-hydrogen) atoms. The molecule has 0 aliphatic heterocycles. The number of nitrogens with zero attached hydrogens (tertiary/aromatic N) is 1. The van der Waals surface area contributed by atoms with Crippen LogP contribution in [0.4, 0.5) is 0 Å². The number of aryl methyl sites for hydroxylation is 1. The van der Waals surface area contributed by atoms with Gasteiger partial charge in [0.05, 0.1) is 13.7 Å². The van der Waals surface area contributed by atoms with Crippen molar-refractivity contribution in [2.24, 2.45) is 0 Å². The van der Waals surface area contributed by atoms with Gasteiger partial charge in [-0.3, -0.25) is 9.78 Å². The SMILES string of the molecule is CCOc1cc(CCC(=O)c2cccnc2)ccc1OC. The van der Waals surface area contributed by atoms with Crippen molar-refractivity contribution < 1.29 is 14.3 Å². The van der Waals surface area contributed by atoms with E-state index in [0.29, 0.717) is 36.5 Å². The smallest absolute Gasteiger partial charge is 0.164 e. The molecule has 2 aromatic rings. The molecule has 0 N–H and O–H groups in total. The van der Waals surface area contributed by atoms with Gasteiger partial charge in [0.25, 0.3) is 0 Å². The zero-order valence-electron chi connectivity index (χ0n) is 12.3. The normalized spacial score (nSPS) is 10.2. The van der Waals surface area contributed by atoms with Crippen LogP contribution in [0.15, 0.2) is 42.7 Å². The summed E-state index contributed by atoms with van der Waals surface area (Å²) in [5.41, 5.74) is 1.70. The summed E-state index contributed by atoms with van der Waals surface area (Å²) >= 11 is 0. The number of benzene rings is 1. The van der Waals surface area contributed by atoms with Crippen LogP contribution >= 0.6 is 0 Å². The largest absolute Gasteiger partial charge is 0.493 e. The zero-order valence-corrected chi connectivity index (χ0v) is 12.3. The summed E-state index contributed by atoms with van der Waals surface area (Å²) in [4.78, 5) is 16.0. The molecule has 1 aromatic heterocycles. The van der Waals surface area contributed by atoms with Gasteiger partial charge in [-0.2, -0.15) is 0 Å². The molecule has 4 nitrogen and oxygen atoms in total. The monoisotopic (exact) mass is 285 g/mol. The molecule has 1 heterocycles. The van der Waals surface area contributed by atoms with E-state index in [9.17, 15) is 4.79 Å². The fraction of sp³-hybridized carbons (Fsp3) is 0.294. The van der Waals surface area contributed by atoms with Crippen LogP contribution in [0.5, 0.6) is 11.5 Å². The predicted octanol–water partition coefficient (Wildman–Crippen LogP) is 3.30. The number of Topliss-reactive ketones (excluding diaryl/α,β-unsaturated/α-hetero) is 1. The first-order valence-electron chi connectivity index (χ1n) is 6.97. The quantitative estimate of drug-likeness (QED) is 0.732. The number of aromatic nitrogens is 1. The molecule has 0 atom stereocenters. The van der Waals surface area contributed by atoms with Gasteiger partial charge in [0.15, 0.2) is 17.3 Å². The molecule has 0 bridgehead atoms. The lowest BCUT2D eigenvalue weighted by atomic mass is 10.0. The Hall–Kier alpha value is -2.36. The van der Waals surface area contributed by atoms with Crippen molar-refractivity contribution in [1.82, 2.24) is 4.98 Å². The van der Waals surface area contributed by atoms with E-state index in [4.69, 9.17) is 9.47 Å². The maximum absolute atomic E-state index is 12.1. The first kappa shape index (κ1) is 15.0. The molecule has 0 spiro atoms. The van der Waals surface area contributed by atoms with Crippen molar-refractivity contribution >= 4 is 5.78 Å². The maximum atomic E-state index is 12.1. The fourth-order valence-electron chi connectivity index (χ4n) is 2.07. The summed E-state index contributed by atoms with van der Waals surface area (Å²) < 4.78 is 10.8. The summed E-state index contributed by atoms with van der Waals surface area (Å²) in [6, 6.07) is 9.31. The third-order valence-electron chi connectivity index (χ3n) is 3.15. The van der Waals surface area contributed by atoms with Crippen LogP contribution in [0.25, 0.3) is 0 Å². The Labute approximate surface area is 124 Å². The van der Waals surface area contributed by atoms with Crippen molar-refractivity contribution in [2.45, 2.75) is 19.8 Å². The third kappa shape index (κ3) is 4.05. The number of ether oxygens (including phenoxy) is 2. The van der Waals surface area contributed by atoms with Crippen LogP contribution in [-0.2, 0) is 6.42 Å². The van der Waals surface area contributed by atoms with Gasteiger partial charge in [-0.15, -0.1) is 0 Å². The number of hydrogen-bond acceptors (Lipinski definition) is 4. The minimum absolute atomic E-state index is 0.0943. The van der Waals surface area contributed by atoms with Gasteiger partial charge in [0, 0.05) is 24.4 Å². The summed E-state index contributed by atoms with van der Waals surface area (Å²) in [6.45, 7) is 2.51. The van der Waals surface area contributed by atoms with Gasteiger partial charge in [-0.25, -0.2) is 0 Å². The van der Waals surface area contributed by atoms with Crippen LogP contribution in [0.2, 0.25) is 0 Å². The highest BCUT2D eigenvalue weighted by molar-refractivity contribution is 5.95. The number of hydrogen-bond donors (Lipinski definition) is 0. The van der Waals surface area contributed by atoms with Crippen molar-refractivity contribution in [1.29, 1.82) is 0 Å². The van der Waals surface area contributed by atoms with Crippen molar-refractivity contribution in [3.05, 3.63) is 53.9 Å². The molecule has 110 valence electrons. The highest BCUT2D eigenvalue weighted by atomic mass is 16.5. The lowest BCUT2D eigenvalue weighted by Gasteiger charge is -2.11. The van der Waals surface area contributed by atoms with Crippen LogP contribution in [-0.4, -0.2) is 24.5 Å². The Morgan fingerprint density at radius 1 is 1.24 bits per heavy atom. The van der Waals surface area contributed by atoms with Gasteiger partial charge >= 0.3 is 0 Å². The highest BCUT2D eigenvalue weighted by Gasteiger charge is 2.09. The molecule has 0 unspecified atom stereocenters. The van der Waals surface area contributed by atoms with E-state index in [-0.39, 0.29) is 5.78 Å². The number of rotatable bonds is 7. The van der Waals surface area contributed by atoms with E-state index in [1.54, 1.807) is 31.6 Å². The molecule has 0 fully saturated rings. The second-order valence-corrected chi connectivity index (χ2v) is 4.58. The molecule has 0 aliphatic carbocycles. The molecular formula is C17H19NO3. The Morgan fingerprint density at radius 3 is 2.76 bits per heavy atom. The van der Waals surface area contributed by atoms with Gasteiger partial charge in [0.2, 0.25) is 0 Å². The van der Waals surface area contributed by atoms with Crippen molar-refractivity contribution in [3.63, 3.8) is 0 Å². The summed E-state index contributed by atoms with van der Waals surface area (Å²) in [6.07, 6.45) is 4.37. The number of carbonyl (C=O) groups excluding carboxylic acids is 1. The number of methoxy groups -OCH3 is 1. The average molecular weight is 285 g/mol. The lowest BCUT2D eigenvalue weighted by Crippen LogP contribution is -2.02. The van der Waals surface area contributed by atoms with Crippen LogP contribution in [0, 0.1) is 0 Å². The van der Waals surface area contributed by atoms with E-state index in [1.165, 1.54) is 0 Å². The second-order valence-electron chi connectivity index (χ2n) is 4.58. The Balaban J connectivity index is 2.03. The Kier molecular flexibility index (Phi) is 5.32. The third-order valence-corrected chi connectivity index (χ3v) is 3.15. The van der Waals surface area contributed by atoms with Crippen LogP contribution in [0.1, 0.15) is 29.3 Å². The molecule has 0 aliphatic rings. The van der Waals surface area contributed by atoms with E-state index in [2.05, 4.69) is 4.98 Å². The first-order chi connectivity index (χ1) is 10.2. The topological polar surface area (TPSA) is 48.4 Å². The lowest BCUT2D eigenvalue weighted by molar-refractivity contribution is 0.0982. The molecule has 0 saturated carbocycles. The number of pyridine rings is 1. The Morgan fingerprint density at radius 2 is 2.10 bits per heavy atom. The van der Waals surface area contributed by atoms with E-state index >= 15 is 0 Å². The van der Waals surface area contributed by atoms with Gasteiger partial charge in [0.1, 0.15) is 0 Å². The van der Waals surface area contributed by atoms with Crippen LogP contribution < -0.4 is 9.47 Å². The average Bonchev–Trinajstić information content (AvgIpc) is 2.54. The molecule has 0 radical (unpaired) electrons. The maximum Gasteiger partial charge on any atom is 0.164 e. The molecule has 1 aromatic carbocycles. The second kappa shape index (κ2) is 7.43. The fourth-order valence-corrected chi connectivity index (χ4v) is 2.07. The highest BCUT2D eigenvalue weighted by Crippen LogP contribution is 2.28. The van der Waals surface area contributed by atoms with E-state index in [1.807, 2.05) is 25.1 Å². The molecule has 4 heteroatoms. The molecular weight excluding hydrogens is 266 g/mol. The standard InChI is InChI=1S/C17H19NO3/c1-3-21-17-11-13(7-9-16(17)20-2)6-8-15(19)14-5-4-10-18-12-14/h4-5,7,9-12H,3,6,8H2,1-2H3. The summed E-state index contributed by atoms with van der Waals surface area (Å²) in [7, 11) is 1.61. The summed E-state index contributed by atoms with van der Waals surface area (Å²) in [5.74, 6) is 1.52. The van der Waals surface area contributed by atoms with E-state index < -0.39 is 0 Å². The van der Waals surface area contributed by atoms with E-state index in [0.717, 1.165) is 5.56 Å². The summed E-state index contributed by atoms with van der Waals surface area (Å²) in [5, 5.41) is 0. The molecule has 0 saturated heterocycles. The molecule has 0 amide bonds. The number of ketones is 1.